The van der Waals surface area contributed by atoms with E-state index in [1.165, 1.54) is 0 Å². The molecule has 0 bridgehead atoms. The number of ether oxygens (including phenoxy) is 1. The number of para-hydroxylation sites is 2. The number of anilines is 1. The molecule has 0 saturated heterocycles. The first-order chi connectivity index (χ1) is 6.42. The van der Waals surface area contributed by atoms with Gasteiger partial charge in [-0.05, 0) is 0 Å². The number of fused-ring (bicyclic) bond motifs is 1. The van der Waals surface area contributed by atoms with Crippen LogP contribution in [0.25, 0.3) is 0 Å². The molecule has 13 heavy (non-hydrogen) atoms. The van der Waals surface area contributed by atoms with Gasteiger partial charge in [-0.25, -0.2) is 0 Å². The monoisotopic (exact) mass is 287 g/mol. The zero-order valence-electron chi connectivity index (χ0n) is 6.90. The molecule has 0 amide bonds. The van der Waals surface area contributed by atoms with E-state index in [4.69, 9.17) is 10.00 Å². The molecule has 3 nitrogen and oxygen atoms in total. The Balaban J connectivity index is 2.32. The molecule has 0 saturated carbocycles. The minimum absolute atomic E-state index is 0.523. The van der Waals surface area contributed by atoms with Gasteiger partial charge in [0.15, 0.2) is 0 Å². The number of halogens is 1. The van der Waals surface area contributed by atoms with Crippen LogP contribution >= 0.6 is 0 Å². The van der Waals surface area contributed by atoms with Crippen molar-refractivity contribution < 1.29 is 26.2 Å². The average molecular weight is 287 g/mol. The van der Waals surface area contributed by atoms with E-state index in [2.05, 4.69) is 7.19 Å². The number of rotatable bonds is 1. The summed E-state index contributed by atoms with van der Waals surface area (Å²) in [5, 5.41) is 8.66. The van der Waals surface area contributed by atoms with Crippen molar-refractivity contribution in [1.29, 1.82) is 5.26 Å². The third-order valence-corrected chi connectivity index (χ3v) is 3.61. The van der Waals surface area contributed by atoms with Crippen molar-refractivity contribution in [2.45, 2.75) is 0 Å². The van der Waals surface area contributed by atoms with Crippen LogP contribution in [0.3, 0.4) is 0 Å². The van der Waals surface area contributed by atoms with Gasteiger partial charge in [0.2, 0.25) is 0 Å². The summed E-state index contributed by atoms with van der Waals surface area (Å²) in [6.07, 6.45) is 0. The minimum atomic E-state index is -0.523. The third kappa shape index (κ3) is 1.70. The van der Waals surface area contributed by atoms with Crippen LogP contribution in [0.15, 0.2) is 24.3 Å². The fraction of sp³-hybridized carbons (Fsp3) is 0.222. The quantitative estimate of drug-likeness (QED) is 0.460. The molecular formula is C9H8IN2O-. The van der Waals surface area contributed by atoms with Crippen molar-refractivity contribution >= 4 is 5.69 Å². The Morgan fingerprint density at radius 3 is 3.15 bits per heavy atom. The molecule has 0 unspecified atom stereocenters. The fourth-order valence-corrected chi connectivity index (χ4v) is 2.63. The van der Waals surface area contributed by atoms with Crippen LogP contribution in [0.4, 0.5) is 5.69 Å². The normalized spacial score (nSPS) is 14.5. The second kappa shape index (κ2) is 3.83. The molecule has 1 heterocycles. The Labute approximate surface area is 87.5 Å². The molecule has 0 spiro atoms. The van der Waals surface area contributed by atoms with Gasteiger partial charge in [-0.3, -0.25) is 0 Å². The molecule has 0 aliphatic carbocycles. The third-order valence-electron chi connectivity index (χ3n) is 1.81. The van der Waals surface area contributed by atoms with Gasteiger partial charge in [-0.1, -0.05) is 0 Å². The molecule has 1 aliphatic rings. The fourth-order valence-electron chi connectivity index (χ4n) is 1.27. The summed E-state index contributed by atoms with van der Waals surface area (Å²) in [5.41, 5.74) is 1.07. The molecule has 0 atom stereocenters. The molecule has 0 radical (unpaired) electrons. The van der Waals surface area contributed by atoms with E-state index in [9.17, 15) is 0 Å². The molecule has 1 aromatic rings. The zero-order chi connectivity index (χ0) is 9.10. The molecule has 68 valence electrons. The van der Waals surface area contributed by atoms with E-state index in [1.807, 2.05) is 24.3 Å². The van der Waals surface area contributed by atoms with Crippen molar-refractivity contribution in [2.75, 3.05) is 16.3 Å². The van der Waals surface area contributed by atoms with E-state index < -0.39 is 21.5 Å². The Morgan fingerprint density at radius 1 is 1.46 bits per heavy atom. The summed E-state index contributed by atoms with van der Waals surface area (Å²) in [5.74, 6) is 0.906. The van der Waals surface area contributed by atoms with Crippen molar-refractivity contribution in [2.24, 2.45) is 0 Å². The Kier molecular flexibility index (Phi) is 2.54. The number of hydrogen-bond acceptors (Lipinski definition) is 3. The summed E-state index contributed by atoms with van der Waals surface area (Å²) >= 11 is -0.523. The molecule has 4 heteroatoms. The Morgan fingerprint density at radius 2 is 2.31 bits per heavy atom. The Bertz CT molecular complexity index is 348. The van der Waals surface area contributed by atoms with E-state index >= 15 is 0 Å². The van der Waals surface area contributed by atoms with E-state index in [1.54, 1.807) is 0 Å². The van der Waals surface area contributed by atoms with Crippen LogP contribution in [0.5, 0.6) is 5.75 Å². The van der Waals surface area contributed by atoms with Crippen LogP contribution in [-0.2, 0) is 0 Å². The van der Waals surface area contributed by atoms with Crippen LogP contribution in [-0.4, -0.2) is 13.2 Å². The Hall–Kier alpha value is -0.960. The molecule has 2 rings (SSSR count). The molecule has 1 aliphatic heterocycles. The maximum absolute atomic E-state index is 8.66. The standard InChI is InChI=1S/C9H8IN2O/c11-7-10-12-5-6-13-9-4-2-1-3-8(9)12/h1-4H,5-6H2/q-1. The van der Waals surface area contributed by atoms with Crippen LogP contribution < -0.4 is 29.3 Å². The second-order valence-electron chi connectivity index (χ2n) is 2.57. The van der Waals surface area contributed by atoms with Crippen molar-refractivity contribution in [3.63, 3.8) is 0 Å². The predicted octanol–water partition coefficient (Wildman–Crippen LogP) is -1.63. The van der Waals surface area contributed by atoms with Gasteiger partial charge < -0.3 is 0 Å². The number of nitrogens with zero attached hydrogens (tertiary/aromatic N) is 2. The van der Waals surface area contributed by atoms with Gasteiger partial charge in [0.05, 0.1) is 0 Å². The summed E-state index contributed by atoms with van der Waals surface area (Å²) in [4.78, 5) is 0. The van der Waals surface area contributed by atoms with E-state index in [0.29, 0.717) is 6.61 Å². The topological polar surface area (TPSA) is 36.3 Å². The summed E-state index contributed by atoms with van der Waals surface area (Å²) < 4.78 is 9.86. The predicted molar refractivity (Wildman–Crippen MR) is 44.9 cm³/mol. The molecule has 0 aromatic heterocycles. The van der Waals surface area contributed by atoms with Crippen LogP contribution in [0.1, 0.15) is 0 Å². The number of hydrogen-bond donors (Lipinski definition) is 0. The van der Waals surface area contributed by atoms with Crippen LogP contribution in [0.2, 0.25) is 0 Å². The first-order valence-electron chi connectivity index (χ1n) is 3.94. The first-order valence-corrected chi connectivity index (χ1v) is 5.99. The van der Waals surface area contributed by atoms with Gasteiger partial charge >= 0.3 is 87.5 Å². The van der Waals surface area contributed by atoms with Gasteiger partial charge in [-0.15, -0.1) is 0 Å². The van der Waals surface area contributed by atoms with Gasteiger partial charge in [0, 0.05) is 0 Å². The molecule has 0 N–H and O–H groups in total. The van der Waals surface area contributed by atoms with Crippen molar-refractivity contribution in [1.82, 2.24) is 0 Å². The van der Waals surface area contributed by atoms with E-state index in [0.717, 1.165) is 18.0 Å². The molecule has 1 aromatic carbocycles. The van der Waals surface area contributed by atoms with Gasteiger partial charge in [-0.2, -0.15) is 0 Å². The van der Waals surface area contributed by atoms with Gasteiger partial charge in [0.1, 0.15) is 0 Å². The summed E-state index contributed by atoms with van der Waals surface area (Å²) in [6.45, 7) is 1.54. The zero-order valence-corrected chi connectivity index (χ0v) is 9.06. The van der Waals surface area contributed by atoms with Crippen molar-refractivity contribution in [3.8, 4) is 9.83 Å². The van der Waals surface area contributed by atoms with Crippen molar-refractivity contribution in [3.05, 3.63) is 24.3 Å². The average Bonchev–Trinajstić information content (AvgIpc) is 2.19. The second-order valence-corrected chi connectivity index (χ2v) is 4.70. The first kappa shape index (κ1) is 8.63. The maximum atomic E-state index is 8.66. The SMILES string of the molecule is N#C[I-]N1CCOc2ccccc21. The van der Waals surface area contributed by atoms with Gasteiger partial charge in [0.25, 0.3) is 0 Å². The summed E-state index contributed by atoms with van der Waals surface area (Å²) in [7, 11) is 0. The molecule has 0 fully saturated rings. The summed E-state index contributed by atoms with van der Waals surface area (Å²) in [6, 6.07) is 7.88. The van der Waals surface area contributed by atoms with E-state index in [-0.39, 0.29) is 0 Å². The number of nitriles is 1. The van der Waals surface area contributed by atoms with Crippen LogP contribution in [0, 0.1) is 9.34 Å². The molecular weight excluding hydrogens is 279 g/mol. The number of benzene rings is 1.